The van der Waals surface area contributed by atoms with Crippen molar-refractivity contribution in [1.29, 1.82) is 0 Å². The van der Waals surface area contributed by atoms with Gasteiger partial charge in [-0.3, -0.25) is 9.69 Å². The fourth-order valence-electron chi connectivity index (χ4n) is 3.02. The molecule has 5 nitrogen and oxygen atoms in total. The fourth-order valence-corrected chi connectivity index (χ4v) is 3.02. The zero-order valence-corrected chi connectivity index (χ0v) is 13.5. The molecular formula is C17H27N3O2. The Labute approximate surface area is 132 Å². The molecule has 5 heteroatoms. The largest absolute Gasteiger partial charge is 0.497 e. The van der Waals surface area contributed by atoms with Crippen molar-refractivity contribution in [1.82, 2.24) is 10.2 Å². The third-order valence-electron chi connectivity index (χ3n) is 4.39. The molecular weight excluding hydrogens is 278 g/mol. The van der Waals surface area contributed by atoms with Crippen molar-refractivity contribution in [2.45, 2.75) is 25.8 Å². The third kappa shape index (κ3) is 4.21. The molecule has 1 amide bonds. The maximum Gasteiger partial charge on any atom is 0.224 e. The number of rotatable bonds is 6. The molecule has 2 unspecified atom stereocenters. The van der Waals surface area contributed by atoms with E-state index in [1.807, 2.05) is 12.1 Å². The summed E-state index contributed by atoms with van der Waals surface area (Å²) in [6.07, 6.45) is 2.01. The molecule has 0 saturated carbocycles. The third-order valence-corrected chi connectivity index (χ3v) is 4.39. The van der Waals surface area contributed by atoms with E-state index >= 15 is 0 Å². The van der Waals surface area contributed by atoms with Crippen LogP contribution in [0, 0.1) is 5.92 Å². The highest BCUT2D eigenvalue weighted by Gasteiger charge is 2.28. The van der Waals surface area contributed by atoms with E-state index in [0.717, 1.165) is 31.7 Å². The average molecular weight is 305 g/mol. The number of nitrogens with zero attached hydrogens (tertiary/aromatic N) is 1. The number of hydrogen-bond acceptors (Lipinski definition) is 4. The summed E-state index contributed by atoms with van der Waals surface area (Å²) in [5.74, 6) is 1.07. The zero-order valence-electron chi connectivity index (χ0n) is 13.5. The molecule has 1 aliphatic rings. The number of likely N-dealkylation sites (tertiary alicyclic amines) is 1. The van der Waals surface area contributed by atoms with Gasteiger partial charge in [-0.15, -0.1) is 0 Å². The van der Waals surface area contributed by atoms with Crippen molar-refractivity contribution in [3.05, 3.63) is 29.8 Å². The Bertz CT molecular complexity index is 493. The normalized spacial score (nSPS) is 20.4. The Balaban J connectivity index is 2.00. The predicted octanol–water partition coefficient (Wildman–Crippen LogP) is 1.54. The maximum atomic E-state index is 12.1. The van der Waals surface area contributed by atoms with Gasteiger partial charge in [0.25, 0.3) is 0 Å². The van der Waals surface area contributed by atoms with Gasteiger partial charge in [-0.1, -0.05) is 12.1 Å². The van der Waals surface area contributed by atoms with Crippen LogP contribution in [-0.2, 0) is 4.79 Å². The minimum atomic E-state index is 0.0633. The summed E-state index contributed by atoms with van der Waals surface area (Å²) in [5.41, 5.74) is 6.67. The van der Waals surface area contributed by atoms with Crippen LogP contribution in [0.2, 0.25) is 0 Å². The molecule has 1 heterocycles. The Morgan fingerprint density at radius 2 is 2.36 bits per heavy atom. The lowest BCUT2D eigenvalue weighted by Gasteiger charge is -2.36. The van der Waals surface area contributed by atoms with Crippen molar-refractivity contribution < 1.29 is 9.53 Å². The van der Waals surface area contributed by atoms with Crippen LogP contribution in [-0.4, -0.2) is 44.1 Å². The van der Waals surface area contributed by atoms with E-state index in [1.54, 1.807) is 7.11 Å². The number of benzene rings is 1. The fraction of sp³-hybridized carbons (Fsp3) is 0.588. The molecule has 1 aromatic rings. The molecule has 0 radical (unpaired) electrons. The molecule has 0 spiro atoms. The standard InChI is InChI=1S/C17H27N3O2/c1-13(14-5-3-7-16(11-14)22-2)20-10-4-6-15(12-20)17(21)19-9-8-18/h3,5,7,11,13,15H,4,6,8-10,12,18H2,1-2H3,(H,19,21). The second-order valence-corrected chi connectivity index (χ2v) is 5.87. The zero-order chi connectivity index (χ0) is 15.9. The summed E-state index contributed by atoms with van der Waals surface area (Å²) in [4.78, 5) is 14.5. The summed E-state index contributed by atoms with van der Waals surface area (Å²) in [6.45, 7) is 5.06. The molecule has 1 saturated heterocycles. The molecule has 0 aliphatic carbocycles. The van der Waals surface area contributed by atoms with Gasteiger partial charge in [0.05, 0.1) is 13.0 Å². The van der Waals surface area contributed by atoms with Gasteiger partial charge in [0.1, 0.15) is 5.75 Å². The monoisotopic (exact) mass is 305 g/mol. The highest BCUT2D eigenvalue weighted by atomic mass is 16.5. The average Bonchev–Trinajstić information content (AvgIpc) is 2.59. The predicted molar refractivity (Wildman–Crippen MR) is 87.8 cm³/mol. The van der Waals surface area contributed by atoms with Crippen LogP contribution < -0.4 is 15.8 Å². The minimum Gasteiger partial charge on any atom is -0.497 e. The smallest absolute Gasteiger partial charge is 0.224 e. The molecule has 122 valence electrons. The quantitative estimate of drug-likeness (QED) is 0.836. The van der Waals surface area contributed by atoms with Crippen LogP contribution in [0.3, 0.4) is 0 Å². The van der Waals surface area contributed by atoms with Gasteiger partial charge in [-0.25, -0.2) is 0 Å². The first-order valence-corrected chi connectivity index (χ1v) is 8.01. The second-order valence-electron chi connectivity index (χ2n) is 5.87. The topological polar surface area (TPSA) is 67.6 Å². The molecule has 2 atom stereocenters. The number of methoxy groups -OCH3 is 1. The summed E-state index contributed by atoms with van der Waals surface area (Å²) in [6, 6.07) is 8.43. The lowest BCUT2D eigenvalue weighted by Crippen LogP contribution is -2.44. The number of hydrogen-bond donors (Lipinski definition) is 2. The second kappa shape index (κ2) is 8.15. The number of amides is 1. The van der Waals surface area contributed by atoms with E-state index in [-0.39, 0.29) is 17.9 Å². The lowest BCUT2D eigenvalue weighted by molar-refractivity contribution is -0.126. The highest BCUT2D eigenvalue weighted by molar-refractivity contribution is 5.78. The number of nitrogens with one attached hydrogen (secondary N) is 1. The Hall–Kier alpha value is -1.59. The van der Waals surface area contributed by atoms with Crippen molar-refractivity contribution in [3.63, 3.8) is 0 Å². The van der Waals surface area contributed by atoms with Crippen molar-refractivity contribution in [3.8, 4) is 5.75 Å². The van der Waals surface area contributed by atoms with E-state index in [9.17, 15) is 4.79 Å². The first-order valence-electron chi connectivity index (χ1n) is 8.01. The SMILES string of the molecule is COc1cccc(C(C)N2CCCC(C(=O)NCCN)C2)c1. The number of carbonyl (C=O) groups is 1. The van der Waals surface area contributed by atoms with Gasteiger partial charge in [0.15, 0.2) is 0 Å². The summed E-state index contributed by atoms with van der Waals surface area (Å²) >= 11 is 0. The highest BCUT2D eigenvalue weighted by Crippen LogP contribution is 2.28. The molecule has 0 aromatic heterocycles. The number of ether oxygens (including phenoxy) is 1. The van der Waals surface area contributed by atoms with Gasteiger partial charge in [-0.05, 0) is 44.0 Å². The van der Waals surface area contributed by atoms with Gasteiger partial charge >= 0.3 is 0 Å². The Kier molecular flexibility index (Phi) is 6.21. The van der Waals surface area contributed by atoms with Crippen LogP contribution in [0.15, 0.2) is 24.3 Å². The molecule has 3 N–H and O–H groups in total. The maximum absolute atomic E-state index is 12.1. The molecule has 22 heavy (non-hydrogen) atoms. The summed E-state index contributed by atoms with van der Waals surface area (Å²) < 4.78 is 5.30. The van der Waals surface area contributed by atoms with E-state index < -0.39 is 0 Å². The first-order chi connectivity index (χ1) is 10.7. The van der Waals surface area contributed by atoms with Gasteiger partial charge in [0, 0.05) is 25.7 Å². The molecule has 2 rings (SSSR count). The molecule has 1 aromatic carbocycles. The van der Waals surface area contributed by atoms with Crippen molar-refractivity contribution in [2.75, 3.05) is 33.3 Å². The van der Waals surface area contributed by atoms with Gasteiger partial charge in [-0.2, -0.15) is 0 Å². The Morgan fingerprint density at radius 3 is 3.09 bits per heavy atom. The number of nitrogens with two attached hydrogens (primary N) is 1. The molecule has 1 aliphatic heterocycles. The van der Waals surface area contributed by atoms with Crippen LogP contribution in [0.4, 0.5) is 0 Å². The van der Waals surface area contributed by atoms with E-state index in [0.29, 0.717) is 13.1 Å². The van der Waals surface area contributed by atoms with E-state index in [1.165, 1.54) is 5.56 Å². The van der Waals surface area contributed by atoms with Crippen LogP contribution in [0.25, 0.3) is 0 Å². The molecule has 1 fully saturated rings. The van der Waals surface area contributed by atoms with Crippen LogP contribution in [0.1, 0.15) is 31.4 Å². The lowest BCUT2D eigenvalue weighted by atomic mass is 9.94. The van der Waals surface area contributed by atoms with Crippen LogP contribution >= 0.6 is 0 Å². The van der Waals surface area contributed by atoms with Crippen molar-refractivity contribution in [2.24, 2.45) is 11.7 Å². The van der Waals surface area contributed by atoms with Gasteiger partial charge < -0.3 is 15.8 Å². The first kappa shape index (κ1) is 16.8. The molecule has 0 bridgehead atoms. The van der Waals surface area contributed by atoms with Gasteiger partial charge in [0.2, 0.25) is 5.91 Å². The van der Waals surface area contributed by atoms with Crippen molar-refractivity contribution >= 4 is 5.91 Å². The number of carbonyl (C=O) groups excluding carboxylic acids is 1. The van der Waals surface area contributed by atoms with Crippen LogP contribution in [0.5, 0.6) is 5.75 Å². The van der Waals surface area contributed by atoms with E-state index in [4.69, 9.17) is 10.5 Å². The summed E-state index contributed by atoms with van der Waals surface area (Å²) in [7, 11) is 1.68. The summed E-state index contributed by atoms with van der Waals surface area (Å²) in [5, 5.41) is 2.91. The Morgan fingerprint density at radius 1 is 1.55 bits per heavy atom. The minimum absolute atomic E-state index is 0.0633. The number of piperidine rings is 1. The van der Waals surface area contributed by atoms with E-state index in [2.05, 4.69) is 29.3 Å².